The molecule has 7 heteroatoms. The number of hydrogen-bond acceptors (Lipinski definition) is 5. The van der Waals surface area contributed by atoms with Crippen molar-refractivity contribution in [2.45, 2.75) is 64.5 Å². The van der Waals surface area contributed by atoms with Crippen LogP contribution in [0.2, 0.25) is 0 Å². The normalized spacial score (nSPS) is 18.2. The Hall–Kier alpha value is -1.66. The zero-order valence-corrected chi connectivity index (χ0v) is 13.2. The number of ketones is 1. The van der Waals surface area contributed by atoms with Gasteiger partial charge in [0.15, 0.2) is 0 Å². The third kappa shape index (κ3) is 4.15. The Kier molecular flexibility index (Phi) is 5.31. The van der Waals surface area contributed by atoms with Gasteiger partial charge in [0, 0.05) is 37.3 Å². The Morgan fingerprint density at radius 3 is 2.19 bits per heavy atom. The van der Waals surface area contributed by atoms with Crippen LogP contribution in [0.4, 0.5) is 4.79 Å². The fraction of sp³-hybridized carbons (Fsp3) is 0.857. The van der Waals surface area contributed by atoms with E-state index in [0.29, 0.717) is 6.42 Å². The van der Waals surface area contributed by atoms with Gasteiger partial charge in [-0.2, -0.15) is 0 Å². The average molecular weight is 300 g/mol. The Labute approximate surface area is 124 Å². The highest BCUT2D eigenvalue weighted by Crippen LogP contribution is 2.29. The number of nitro groups is 1. The van der Waals surface area contributed by atoms with Crippen molar-refractivity contribution in [2.75, 3.05) is 13.1 Å². The average Bonchev–Trinajstić information content (AvgIpc) is 2.36. The maximum absolute atomic E-state index is 12.1. The van der Waals surface area contributed by atoms with Crippen molar-refractivity contribution < 1.29 is 19.2 Å². The predicted octanol–water partition coefficient (Wildman–Crippen LogP) is 2.40. The van der Waals surface area contributed by atoms with Crippen LogP contribution in [0.5, 0.6) is 0 Å². The molecule has 0 saturated carbocycles. The fourth-order valence-corrected chi connectivity index (χ4v) is 2.41. The molecule has 1 rings (SSSR count). The molecule has 1 saturated heterocycles. The van der Waals surface area contributed by atoms with Crippen molar-refractivity contribution in [3.63, 3.8) is 0 Å². The van der Waals surface area contributed by atoms with E-state index >= 15 is 0 Å². The van der Waals surface area contributed by atoms with Gasteiger partial charge in [-0.3, -0.25) is 14.9 Å². The molecule has 120 valence electrons. The number of amides is 1. The van der Waals surface area contributed by atoms with Gasteiger partial charge in [0.1, 0.15) is 5.60 Å². The van der Waals surface area contributed by atoms with E-state index in [2.05, 4.69) is 0 Å². The molecular formula is C14H24N2O5. The number of ether oxygens (including phenoxy) is 1. The molecule has 0 radical (unpaired) electrons. The zero-order valence-electron chi connectivity index (χ0n) is 13.2. The standard InChI is InChI=1S/C14H24N2O5/c1-5-6-11(17)14(16(19)20)7-9-15(10-8-14)12(18)21-13(2,3)4/h5-10H2,1-4H3. The van der Waals surface area contributed by atoms with Crippen LogP contribution in [0, 0.1) is 10.1 Å². The monoisotopic (exact) mass is 300 g/mol. The topological polar surface area (TPSA) is 89.8 Å². The molecule has 0 aromatic rings. The van der Waals surface area contributed by atoms with Gasteiger partial charge in [0.2, 0.25) is 5.78 Å². The smallest absolute Gasteiger partial charge is 0.410 e. The van der Waals surface area contributed by atoms with Gasteiger partial charge < -0.3 is 9.64 Å². The van der Waals surface area contributed by atoms with Gasteiger partial charge >= 0.3 is 6.09 Å². The van der Waals surface area contributed by atoms with Gasteiger partial charge in [-0.05, 0) is 27.2 Å². The molecule has 1 heterocycles. The lowest BCUT2D eigenvalue weighted by Crippen LogP contribution is -2.55. The Bertz CT molecular complexity index is 420. The van der Waals surface area contributed by atoms with E-state index < -0.39 is 22.2 Å². The minimum Gasteiger partial charge on any atom is -0.444 e. The minimum atomic E-state index is -1.53. The van der Waals surface area contributed by atoms with Crippen molar-refractivity contribution >= 4 is 11.9 Å². The molecule has 1 amide bonds. The van der Waals surface area contributed by atoms with E-state index in [0.717, 1.165) is 0 Å². The second kappa shape index (κ2) is 6.41. The van der Waals surface area contributed by atoms with Crippen LogP contribution >= 0.6 is 0 Å². The van der Waals surface area contributed by atoms with Crippen molar-refractivity contribution in [1.29, 1.82) is 0 Å². The summed E-state index contributed by atoms with van der Waals surface area (Å²) in [7, 11) is 0. The van der Waals surface area contributed by atoms with Gasteiger partial charge in [0.25, 0.3) is 5.54 Å². The summed E-state index contributed by atoms with van der Waals surface area (Å²) in [6, 6.07) is 0. The van der Waals surface area contributed by atoms with E-state index in [-0.39, 0.29) is 38.1 Å². The van der Waals surface area contributed by atoms with Crippen LogP contribution in [0.3, 0.4) is 0 Å². The lowest BCUT2D eigenvalue weighted by atomic mass is 9.82. The van der Waals surface area contributed by atoms with E-state index in [9.17, 15) is 19.7 Å². The first kappa shape index (κ1) is 17.4. The fourth-order valence-electron chi connectivity index (χ4n) is 2.41. The lowest BCUT2D eigenvalue weighted by molar-refractivity contribution is -0.556. The van der Waals surface area contributed by atoms with E-state index in [1.54, 1.807) is 20.8 Å². The van der Waals surface area contributed by atoms with Crippen molar-refractivity contribution in [3.8, 4) is 0 Å². The quantitative estimate of drug-likeness (QED) is 0.587. The second-order valence-corrected chi connectivity index (χ2v) is 6.43. The molecule has 1 fully saturated rings. The summed E-state index contributed by atoms with van der Waals surface area (Å²) in [6.45, 7) is 7.46. The summed E-state index contributed by atoms with van der Waals surface area (Å²) in [6.07, 6.45) is 0.413. The first-order valence-corrected chi connectivity index (χ1v) is 7.28. The molecule has 0 aliphatic carbocycles. The summed E-state index contributed by atoms with van der Waals surface area (Å²) < 4.78 is 5.25. The van der Waals surface area contributed by atoms with Crippen LogP contribution in [0.15, 0.2) is 0 Å². The van der Waals surface area contributed by atoms with Gasteiger partial charge in [0.05, 0.1) is 0 Å². The summed E-state index contributed by atoms with van der Waals surface area (Å²) in [4.78, 5) is 36.3. The number of Topliss-reactive ketones (excluding diaryl/α,β-unsaturated/α-hetero) is 1. The Morgan fingerprint density at radius 1 is 1.29 bits per heavy atom. The van der Waals surface area contributed by atoms with Crippen LogP contribution in [0.1, 0.15) is 53.4 Å². The molecule has 0 N–H and O–H groups in total. The molecule has 1 aliphatic heterocycles. The molecule has 7 nitrogen and oxygen atoms in total. The first-order valence-electron chi connectivity index (χ1n) is 7.28. The highest BCUT2D eigenvalue weighted by molar-refractivity contribution is 5.87. The highest BCUT2D eigenvalue weighted by Gasteiger charge is 2.52. The zero-order chi connectivity index (χ0) is 16.3. The van der Waals surface area contributed by atoms with Crippen LogP contribution < -0.4 is 0 Å². The predicted molar refractivity (Wildman–Crippen MR) is 76.7 cm³/mol. The van der Waals surface area contributed by atoms with E-state index in [1.165, 1.54) is 4.90 Å². The van der Waals surface area contributed by atoms with Crippen molar-refractivity contribution in [2.24, 2.45) is 0 Å². The maximum Gasteiger partial charge on any atom is 0.410 e. The number of carbonyl (C=O) groups excluding carboxylic acids is 2. The summed E-state index contributed by atoms with van der Waals surface area (Å²) in [5.74, 6) is -0.334. The van der Waals surface area contributed by atoms with Crippen LogP contribution in [0.25, 0.3) is 0 Å². The number of likely N-dealkylation sites (tertiary alicyclic amines) is 1. The van der Waals surface area contributed by atoms with Gasteiger partial charge in [-0.25, -0.2) is 4.79 Å². The molecule has 0 spiro atoms. The van der Waals surface area contributed by atoms with Crippen LogP contribution in [-0.4, -0.2) is 45.9 Å². The molecule has 0 bridgehead atoms. The molecule has 0 aromatic heterocycles. The molecule has 0 aromatic carbocycles. The Balaban J connectivity index is 2.73. The summed E-state index contributed by atoms with van der Waals surface area (Å²) in [5.41, 5.74) is -2.14. The SMILES string of the molecule is CCCC(=O)C1([N+](=O)[O-])CCN(C(=O)OC(C)(C)C)CC1. The molecule has 0 atom stereocenters. The highest BCUT2D eigenvalue weighted by atomic mass is 16.6. The molecule has 21 heavy (non-hydrogen) atoms. The largest absolute Gasteiger partial charge is 0.444 e. The number of rotatable bonds is 4. The summed E-state index contributed by atoms with van der Waals surface area (Å²) in [5, 5.41) is 11.3. The third-order valence-electron chi connectivity index (χ3n) is 3.59. The number of carbonyl (C=O) groups is 2. The summed E-state index contributed by atoms with van der Waals surface area (Å²) >= 11 is 0. The van der Waals surface area contributed by atoms with Crippen molar-refractivity contribution in [3.05, 3.63) is 10.1 Å². The second-order valence-electron chi connectivity index (χ2n) is 6.43. The van der Waals surface area contributed by atoms with Crippen molar-refractivity contribution in [1.82, 2.24) is 4.90 Å². The molecule has 0 unspecified atom stereocenters. The maximum atomic E-state index is 12.1. The minimum absolute atomic E-state index is 0.0536. The van der Waals surface area contributed by atoms with E-state index in [4.69, 9.17) is 4.74 Å². The first-order chi connectivity index (χ1) is 9.62. The van der Waals surface area contributed by atoms with Gasteiger partial charge in [-0.15, -0.1) is 0 Å². The number of nitrogens with zero attached hydrogens (tertiary/aromatic N) is 2. The van der Waals surface area contributed by atoms with Gasteiger partial charge in [-0.1, -0.05) is 6.92 Å². The Morgan fingerprint density at radius 2 is 1.81 bits per heavy atom. The molecular weight excluding hydrogens is 276 g/mol. The molecule has 1 aliphatic rings. The third-order valence-corrected chi connectivity index (χ3v) is 3.59. The number of hydrogen-bond donors (Lipinski definition) is 0. The number of piperidine rings is 1. The van der Waals surface area contributed by atoms with E-state index in [1.807, 2.05) is 6.92 Å². The van der Waals surface area contributed by atoms with Crippen LogP contribution in [-0.2, 0) is 9.53 Å². The lowest BCUT2D eigenvalue weighted by Gasteiger charge is -2.35.